The molecule has 21 heavy (non-hydrogen) atoms. The minimum Gasteiger partial charge on any atom is -0.476 e. The van der Waals surface area contributed by atoms with Gasteiger partial charge in [0.1, 0.15) is 17.9 Å². The zero-order chi connectivity index (χ0) is 15.4. The Hall–Kier alpha value is -2.81. The number of hydrogen-bond acceptors (Lipinski definition) is 7. The maximum Gasteiger partial charge on any atom is 0.392 e. The minimum atomic E-state index is -0.745. The first-order chi connectivity index (χ1) is 10.1. The fourth-order valence-corrected chi connectivity index (χ4v) is 1.58. The molecule has 1 heterocycles. The van der Waals surface area contributed by atoms with Crippen molar-refractivity contribution >= 4 is 5.69 Å². The summed E-state index contributed by atoms with van der Waals surface area (Å²) in [6, 6.07) is 3.55. The van der Waals surface area contributed by atoms with Crippen molar-refractivity contribution in [2.45, 2.75) is 6.61 Å². The third-order valence-electron chi connectivity index (χ3n) is 2.53. The van der Waals surface area contributed by atoms with Gasteiger partial charge in [-0.2, -0.15) is 9.97 Å². The number of benzene rings is 1. The predicted molar refractivity (Wildman–Crippen MR) is 67.6 cm³/mol. The number of methoxy groups -OCH3 is 1. The van der Waals surface area contributed by atoms with Crippen LogP contribution in [0.2, 0.25) is 0 Å². The lowest BCUT2D eigenvalue weighted by molar-refractivity contribution is -0.387. The number of aromatic nitrogens is 2. The maximum atomic E-state index is 13.3. The number of aliphatic hydroxyl groups excluding tert-OH is 1. The van der Waals surface area contributed by atoms with Gasteiger partial charge in [0.2, 0.25) is 0 Å². The molecule has 0 fully saturated rings. The SMILES string of the molecule is COc1ncnc(Oc2ccc(F)c(CO)c2)c1[N+](=O)[O-]. The summed E-state index contributed by atoms with van der Waals surface area (Å²) in [4.78, 5) is 17.6. The van der Waals surface area contributed by atoms with Gasteiger partial charge in [-0.25, -0.2) is 4.39 Å². The largest absolute Gasteiger partial charge is 0.476 e. The summed E-state index contributed by atoms with van der Waals surface area (Å²) in [5.74, 6) is -1.12. The molecule has 2 rings (SSSR count). The van der Waals surface area contributed by atoms with Gasteiger partial charge in [0.05, 0.1) is 18.6 Å². The minimum absolute atomic E-state index is 0.00354. The fourth-order valence-electron chi connectivity index (χ4n) is 1.58. The molecule has 0 unspecified atom stereocenters. The molecule has 0 aliphatic carbocycles. The number of nitrogens with zero attached hydrogens (tertiary/aromatic N) is 3. The maximum absolute atomic E-state index is 13.3. The standard InChI is InChI=1S/C12H10FN3O5/c1-20-11-10(16(18)19)12(15-6-14-11)21-8-2-3-9(13)7(4-8)5-17/h2-4,6,17H,5H2,1H3. The van der Waals surface area contributed by atoms with Crippen molar-refractivity contribution in [2.75, 3.05) is 7.11 Å². The Morgan fingerprint density at radius 2 is 2.10 bits per heavy atom. The molecule has 0 saturated carbocycles. The molecule has 0 radical (unpaired) electrons. The molecule has 2 aromatic rings. The lowest BCUT2D eigenvalue weighted by atomic mass is 10.2. The average Bonchev–Trinajstić information content (AvgIpc) is 2.48. The summed E-state index contributed by atoms with van der Waals surface area (Å²) in [7, 11) is 1.22. The Bertz CT molecular complexity index is 680. The molecule has 0 bridgehead atoms. The zero-order valence-electron chi connectivity index (χ0n) is 10.8. The van der Waals surface area contributed by atoms with E-state index in [9.17, 15) is 14.5 Å². The number of ether oxygens (including phenoxy) is 2. The van der Waals surface area contributed by atoms with Crippen LogP contribution >= 0.6 is 0 Å². The van der Waals surface area contributed by atoms with Crippen LogP contribution in [-0.4, -0.2) is 27.1 Å². The van der Waals surface area contributed by atoms with Gasteiger partial charge < -0.3 is 14.6 Å². The monoisotopic (exact) mass is 295 g/mol. The molecule has 8 nitrogen and oxygen atoms in total. The van der Waals surface area contributed by atoms with E-state index in [1.165, 1.54) is 19.2 Å². The van der Waals surface area contributed by atoms with Crippen LogP contribution in [0.1, 0.15) is 5.56 Å². The number of nitro groups is 1. The average molecular weight is 295 g/mol. The Balaban J connectivity index is 2.42. The summed E-state index contributed by atoms with van der Waals surface area (Å²) in [5, 5.41) is 20.0. The van der Waals surface area contributed by atoms with Crippen LogP contribution in [0, 0.1) is 15.9 Å². The summed E-state index contributed by atoms with van der Waals surface area (Å²) < 4.78 is 23.3. The Kier molecular flexibility index (Phi) is 4.24. The molecular formula is C12H10FN3O5. The topological polar surface area (TPSA) is 108 Å². The summed E-state index contributed by atoms with van der Waals surface area (Å²) in [5.41, 5.74) is -0.550. The Morgan fingerprint density at radius 3 is 2.71 bits per heavy atom. The number of aliphatic hydroxyl groups is 1. The number of hydrogen-bond donors (Lipinski definition) is 1. The van der Waals surface area contributed by atoms with Crippen molar-refractivity contribution in [3.8, 4) is 17.5 Å². The normalized spacial score (nSPS) is 10.2. The molecule has 0 saturated heterocycles. The van der Waals surface area contributed by atoms with E-state index in [1.807, 2.05) is 0 Å². The highest BCUT2D eigenvalue weighted by Gasteiger charge is 2.26. The highest BCUT2D eigenvalue weighted by atomic mass is 19.1. The first-order valence-corrected chi connectivity index (χ1v) is 5.67. The second-order valence-electron chi connectivity index (χ2n) is 3.81. The summed E-state index contributed by atoms with van der Waals surface area (Å²) in [6.07, 6.45) is 1.04. The van der Waals surface area contributed by atoms with Gasteiger partial charge in [-0.05, 0) is 18.2 Å². The molecule has 1 aromatic carbocycles. The summed E-state index contributed by atoms with van der Waals surface area (Å²) in [6.45, 7) is -0.530. The van der Waals surface area contributed by atoms with E-state index in [4.69, 9.17) is 14.6 Å². The van der Waals surface area contributed by atoms with E-state index in [0.29, 0.717) is 0 Å². The van der Waals surface area contributed by atoms with Gasteiger partial charge in [0, 0.05) is 5.56 Å². The van der Waals surface area contributed by atoms with Crippen molar-refractivity contribution in [3.05, 3.63) is 46.0 Å². The first kappa shape index (κ1) is 14.6. The second kappa shape index (κ2) is 6.09. The van der Waals surface area contributed by atoms with Gasteiger partial charge >= 0.3 is 17.4 Å². The molecular weight excluding hydrogens is 285 g/mol. The fraction of sp³-hybridized carbons (Fsp3) is 0.167. The second-order valence-corrected chi connectivity index (χ2v) is 3.81. The van der Waals surface area contributed by atoms with E-state index in [0.717, 1.165) is 12.4 Å². The molecule has 0 atom stereocenters. The highest BCUT2D eigenvalue weighted by Crippen LogP contribution is 2.35. The lowest BCUT2D eigenvalue weighted by Gasteiger charge is -2.08. The zero-order valence-corrected chi connectivity index (χ0v) is 10.8. The van der Waals surface area contributed by atoms with Crippen LogP contribution in [-0.2, 0) is 6.61 Å². The van der Waals surface area contributed by atoms with Crippen LogP contribution in [0.25, 0.3) is 0 Å². The molecule has 1 N–H and O–H groups in total. The number of halogens is 1. The molecule has 1 aromatic heterocycles. The molecule has 0 amide bonds. The summed E-state index contributed by atoms with van der Waals surface area (Å²) >= 11 is 0. The predicted octanol–water partition coefficient (Wildman–Crippen LogP) is 1.82. The van der Waals surface area contributed by atoms with E-state index in [-0.39, 0.29) is 23.1 Å². The van der Waals surface area contributed by atoms with Crippen LogP contribution in [0.5, 0.6) is 17.5 Å². The molecule has 0 aliphatic heterocycles. The third-order valence-corrected chi connectivity index (χ3v) is 2.53. The van der Waals surface area contributed by atoms with Crippen LogP contribution in [0.15, 0.2) is 24.5 Å². The molecule has 9 heteroatoms. The molecule has 0 spiro atoms. The van der Waals surface area contributed by atoms with Gasteiger partial charge in [0.25, 0.3) is 0 Å². The first-order valence-electron chi connectivity index (χ1n) is 5.67. The van der Waals surface area contributed by atoms with Gasteiger partial charge in [-0.15, -0.1) is 0 Å². The van der Waals surface area contributed by atoms with Crippen LogP contribution in [0.3, 0.4) is 0 Å². The Labute approximate surface area is 117 Å². The molecule has 110 valence electrons. The van der Waals surface area contributed by atoms with Crippen LogP contribution in [0.4, 0.5) is 10.1 Å². The van der Waals surface area contributed by atoms with Gasteiger partial charge in [-0.1, -0.05) is 0 Å². The lowest BCUT2D eigenvalue weighted by Crippen LogP contribution is -2.01. The van der Waals surface area contributed by atoms with Crippen molar-refractivity contribution in [1.29, 1.82) is 0 Å². The van der Waals surface area contributed by atoms with Crippen LogP contribution < -0.4 is 9.47 Å². The third kappa shape index (κ3) is 3.03. The highest BCUT2D eigenvalue weighted by molar-refractivity contribution is 5.50. The van der Waals surface area contributed by atoms with Crippen molar-refractivity contribution < 1.29 is 23.9 Å². The Morgan fingerprint density at radius 1 is 1.38 bits per heavy atom. The van der Waals surface area contributed by atoms with Crippen molar-refractivity contribution in [1.82, 2.24) is 9.97 Å². The van der Waals surface area contributed by atoms with E-state index in [2.05, 4.69) is 9.97 Å². The van der Waals surface area contributed by atoms with Gasteiger partial charge in [-0.3, -0.25) is 10.1 Å². The van der Waals surface area contributed by atoms with Gasteiger partial charge in [0.15, 0.2) is 0 Å². The smallest absolute Gasteiger partial charge is 0.392 e. The van der Waals surface area contributed by atoms with Crippen molar-refractivity contribution in [3.63, 3.8) is 0 Å². The van der Waals surface area contributed by atoms with E-state index in [1.54, 1.807) is 0 Å². The quantitative estimate of drug-likeness (QED) is 0.662. The molecule has 0 aliphatic rings. The van der Waals surface area contributed by atoms with Crippen molar-refractivity contribution in [2.24, 2.45) is 0 Å². The van der Waals surface area contributed by atoms with E-state index >= 15 is 0 Å². The van der Waals surface area contributed by atoms with E-state index < -0.39 is 23.0 Å². The number of rotatable bonds is 5.